The topological polar surface area (TPSA) is 37.3 Å². The zero-order valence-corrected chi connectivity index (χ0v) is 7.38. The van der Waals surface area contributed by atoms with E-state index in [4.69, 9.17) is 0 Å². The minimum absolute atomic E-state index is 0.00926. The average Bonchev–Trinajstić information content (AvgIpc) is 2.33. The maximum absolute atomic E-state index is 11.3. The quantitative estimate of drug-likeness (QED) is 0.597. The zero-order valence-electron chi connectivity index (χ0n) is 7.38. The Kier molecular flexibility index (Phi) is 1.95. The van der Waals surface area contributed by atoms with Crippen LogP contribution in [0.2, 0.25) is 0 Å². The van der Waals surface area contributed by atoms with Gasteiger partial charge in [-0.1, -0.05) is 6.42 Å². The van der Waals surface area contributed by atoms with Crippen molar-refractivity contribution < 1.29 is 9.90 Å². The Labute approximate surface area is 73.0 Å². The molecule has 0 radical (unpaired) electrons. The standard InChI is InChI=1S/C10H16O2/c11-8-3-1-5-10(7-8)6-2-4-9(10)12/h9,12H,1-7H2/t9-,10-/m0/s1. The predicted octanol–water partition coefficient (Wildman–Crippen LogP) is 1.66. The van der Waals surface area contributed by atoms with Crippen LogP contribution in [-0.2, 0) is 4.79 Å². The minimum Gasteiger partial charge on any atom is -0.393 e. The molecule has 0 aromatic heterocycles. The molecule has 0 unspecified atom stereocenters. The van der Waals surface area contributed by atoms with E-state index in [0.29, 0.717) is 12.2 Å². The maximum atomic E-state index is 11.3. The first-order valence-electron chi connectivity index (χ1n) is 4.93. The highest BCUT2D eigenvalue weighted by atomic mass is 16.3. The maximum Gasteiger partial charge on any atom is 0.133 e. The van der Waals surface area contributed by atoms with Crippen LogP contribution in [0, 0.1) is 5.41 Å². The van der Waals surface area contributed by atoms with Crippen LogP contribution >= 0.6 is 0 Å². The third kappa shape index (κ3) is 1.18. The fourth-order valence-electron chi connectivity index (χ4n) is 2.83. The summed E-state index contributed by atoms with van der Waals surface area (Å²) in [6.45, 7) is 0. The van der Waals surface area contributed by atoms with Gasteiger partial charge in [-0.15, -0.1) is 0 Å². The van der Waals surface area contributed by atoms with Crippen molar-refractivity contribution in [2.45, 2.75) is 51.0 Å². The molecular formula is C10H16O2. The molecule has 2 saturated carbocycles. The summed E-state index contributed by atoms with van der Waals surface area (Å²) < 4.78 is 0. The molecule has 0 heterocycles. The number of carbonyl (C=O) groups is 1. The Morgan fingerprint density at radius 3 is 2.67 bits per heavy atom. The summed E-state index contributed by atoms with van der Waals surface area (Å²) in [4.78, 5) is 11.3. The lowest BCUT2D eigenvalue weighted by atomic mass is 9.71. The molecule has 1 N–H and O–H groups in total. The van der Waals surface area contributed by atoms with Crippen molar-refractivity contribution in [2.75, 3.05) is 0 Å². The zero-order chi connectivity index (χ0) is 8.60. The molecule has 0 aromatic carbocycles. The van der Waals surface area contributed by atoms with Crippen molar-refractivity contribution in [3.63, 3.8) is 0 Å². The Hall–Kier alpha value is -0.370. The van der Waals surface area contributed by atoms with E-state index in [9.17, 15) is 9.90 Å². The minimum atomic E-state index is -0.193. The molecule has 12 heavy (non-hydrogen) atoms. The summed E-state index contributed by atoms with van der Waals surface area (Å²) in [5.41, 5.74) is 0.00926. The van der Waals surface area contributed by atoms with Crippen molar-refractivity contribution >= 4 is 5.78 Å². The number of Topliss-reactive ketones (excluding diaryl/α,β-unsaturated/α-hetero) is 1. The molecule has 2 fully saturated rings. The van der Waals surface area contributed by atoms with Gasteiger partial charge in [0.15, 0.2) is 0 Å². The van der Waals surface area contributed by atoms with Crippen molar-refractivity contribution in [3.8, 4) is 0 Å². The van der Waals surface area contributed by atoms with Crippen molar-refractivity contribution in [1.82, 2.24) is 0 Å². The van der Waals surface area contributed by atoms with E-state index in [1.807, 2.05) is 0 Å². The lowest BCUT2D eigenvalue weighted by Gasteiger charge is -2.35. The molecule has 2 aliphatic carbocycles. The van der Waals surface area contributed by atoms with E-state index < -0.39 is 0 Å². The highest BCUT2D eigenvalue weighted by Crippen LogP contribution is 2.47. The van der Waals surface area contributed by atoms with Gasteiger partial charge in [0, 0.05) is 18.3 Å². The number of aliphatic hydroxyl groups excluding tert-OH is 1. The molecule has 0 aromatic rings. The van der Waals surface area contributed by atoms with E-state index in [0.717, 1.165) is 38.5 Å². The average molecular weight is 168 g/mol. The van der Waals surface area contributed by atoms with Crippen LogP contribution in [0.3, 0.4) is 0 Å². The molecule has 0 amide bonds. The number of ketones is 1. The summed E-state index contributed by atoms with van der Waals surface area (Å²) in [7, 11) is 0. The van der Waals surface area contributed by atoms with Gasteiger partial charge in [0.2, 0.25) is 0 Å². The van der Waals surface area contributed by atoms with Gasteiger partial charge < -0.3 is 5.11 Å². The smallest absolute Gasteiger partial charge is 0.133 e. The summed E-state index contributed by atoms with van der Waals surface area (Å²) in [6, 6.07) is 0. The second-order valence-electron chi connectivity index (χ2n) is 4.34. The fraction of sp³-hybridized carbons (Fsp3) is 0.900. The molecule has 2 rings (SSSR count). The number of carbonyl (C=O) groups excluding carboxylic acids is 1. The van der Waals surface area contributed by atoms with Crippen molar-refractivity contribution in [1.29, 1.82) is 0 Å². The largest absolute Gasteiger partial charge is 0.393 e. The van der Waals surface area contributed by atoms with Crippen LogP contribution in [0.15, 0.2) is 0 Å². The molecule has 2 heteroatoms. The Morgan fingerprint density at radius 2 is 2.08 bits per heavy atom. The summed E-state index contributed by atoms with van der Waals surface area (Å²) in [5.74, 6) is 0.363. The molecule has 2 nitrogen and oxygen atoms in total. The van der Waals surface area contributed by atoms with Gasteiger partial charge in [-0.25, -0.2) is 0 Å². The van der Waals surface area contributed by atoms with Crippen LogP contribution in [-0.4, -0.2) is 17.0 Å². The molecule has 0 aliphatic heterocycles. The van der Waals surface area contributed by atoms with Gasteiger partial charge in [-0.05, 0) is 25.7 Å². The van der Waals surface area contributed by atoms with Gasteiger partial charge in [-0.2, -0.15) is 0 Å². The third-order valence-corrected chi connectivity index (χ3v) is 3.54. The summed E-state index contributed by atoms with van der Waals surface area (Å²) in [5, 5.41) is 9.77. The molecular weight excluding hydrogens is 152 g/mol. The lowest BCUT2D eigenvalue weighted by Crippen LogP contribution is -2.35. The van der Waals surface area contributed by atoms with Crippen LogP contribution in [0.1, 0.15) is 44.9 Å². The van der Waals surface area contributed by atoms with Crippen LogP contribution in [0.4, 0.5) is 0 Å². The Bertz CT molecular complexity index is 200. The third-order valence-electron chi connectivity index (χ3n) is 3.54. The van der Waals surface area contributed by atoms with Gasteiger partial charge in [0.1, 0.15) is 5.78 Å². The first-order valence-corrected chi connectivity index (χ1v) is 4.93. The number of hydrogen-bond acceptors (Lipinski definition) is 2. The first-order chi connectivity index (χ1) is 5.73. The van der Waals surface area contributed by atoms with E-state index in [-0.39, 0.29) is 11.5 Å². The number of hydrogen-bond donors (Lipinski definition) is 1. The van der Waals surface area contributed by atoms with Crippen LogP contribution in [0.25, 0.3) is 0 Å². The molecule has 68 valence electrons. The van der Waals surface area contributed by atoms with Crippen molar-refractivity contribution in [3.05, 3.63) is 0 Å². The van der Waals surface area contributed by atoms with E-state index in [2.05, 4.69) is 0 Å². The van der Waals surface area contributed by atoms with Crippen molar-refractivity contribution in [2.24, 2.45) is 5.41 Å². The second-order valence-corrected chi connectivity index (χ2v) is 4.34. The molecule has 1 spiro atoms. The summed E-state index contributed by atoms with van der Waals surface area (Å²) in [6.07, 6.45) is 6.35. The molecule has 0 bridgehead atoms. The Morgan fingerprint density at radius 1 is 1.33 bits per heavy atom. The summed E-state index contributed by atoms with van der Waals surface area (Å²) >= 11 is 0. The molecule has 2 aliphatic rings. The van der Waals surface area contributed by atoms with Gasteiger partial charge in [-0.3, -0.25) is 4.79 Å². The van der Waals surface area contributed by atoms with E-state index in [1.54, 1.807) is 0 Å². The SMILES string of the molecule is O=C1CCC[C@]2(CCC[C@@H]2O)C1. The second kappa shape index (κ2) is 2.84. The molecule has 0 saturated heterocycles. The van der Waals surface area contributed by atoms with E-state index in [1.165, 1.54) is 0 Å². The van der Waals surface area contributed by atoms with Gasteiger partial charge in [0.05, 0.1) is 6.10 Å². The highest BCUT2D eigenvalue weighted by Gasteiger charge is 2.44. The van der Waals surface area contributed by atoms with Gasteiger partial charge >= 0.3 is 0 Å². The monoisotopic (exact) mass is 168 g/mol. The number of aliphatic hydroxyl groups is 1. The fourth-order valence-corrected chi connectivity index (χ4v) is 2.83. The highest BCUT2D eigenvalue weighted by molar-refractivity contribution is 5.80. The predicted molar refractivity (Wildman–Crippen MR) is 45.8 cm³/mol. The lowest BCUT2D eigenvalue weighted by molar-refractivity contribution is -0.126. The van der Waals surface area contributed by atoms with Gasteiger partial charge in [0.25, 0.3) is 0 Å². The molecule has 2 atom stereocenters. The Balaban J connectivity index is 2.13. The van der Waals surface area contributed by atoms with Crippen LogP contribution < -0.4 is 0 Å². The normalized spacial score (nSPS) is 42.4. The van der Waals surface area contributed by atoms with E-state index >= 15 is 0 Å². The first kappa shape index (κ1) is 8.24. The number of rotatable bonds is 0. The van der Waals surface area contributed by atoms with Crippen LogP contribution in [0.5, 0.6) is 0 Å².